The maximum Gasteiger partial charge on any atom is 0.408 e. The van der Waals surface area contributed by atoms with Crippen molar-refractivity contribution in [3.8, 4) is 0 Å². The van der Waals surface area contributed by atoms with Crippen molar-refractivity contribution in [3.05, 3.63) is 18.2 Å². The van der Waals surface area contributed by atoms with E-state index in [4.69, 9.17) is 4.74 Å². The topological polar surface area (TPSA) is 56.1 Å². The summed E-state index contributed by atoms with van der Waals surface area (Å²) in [6, 6.07) is -0.125. The first kappa shape index (κ1) is 15.9. The van der Waals surface area contributed by atoms with Gasteiger partial charge in [-0.05, 0) is 47.5 Å². The van der Waals surface area contributed by atoms with Gasteiger partial charge in [-0.2, -0.15) is 0 Å². The van der Waals surface area contributed by atoms with Gasteiger partial charge < -0.3 is 14.6 Å². The molecule has 2 rings (SSSR count). The molecule has 0 aromatic carbocycles. The molecule has 1 aliphatic rings. The van der Waals surface area contributed by atoms with E-state index in [1.54, 1.807) is 0 Å². The number of carbonyl (C=O) groups excluding carboxylic acids is 1. The van der Waals surface area contributed by atoms with Crippen LogP contribution in [-0.2, 0) is 10.3 Å². The van der Waals surface area contributed by atoms with Crippen LogP contribution in [-0.4, -0.2) is 21.2 Å². The Kier molecular flexibility index (Phi) is 4.30. The Bertz CT molecular complexity index is 496. The van der Waals surface area contributed by atoms with Gasteiger partial charge >= 0.3 is 6.09 Å². The molecule has 0 aliphatic heterocycles. The zero-order chi connectivity index (χ0) is 15.7. The van der Waals surface area contributed by atoms with Crippen molar-refractivity contribution in [3.63, 3.8) is 0 Å². The van der Waals surface area contributed by atoms with E-state index in [0.29, 0.717) is 0 Å². The number of alkyl carbamates (subject to hydrolysis) is 1. The largest absolute Gasteiger partial charge is 0.444 e. The molecule has 5 nitrogen and oxygen atoms in total. The maximum atomic E-state index is 11.9. The lowest BCUT2D eigenvalue weighted by atomic mass is 9.99. The third-order valence-electron chi connectivity index (χ3n) is 4.11. The summed E-state index contributed by atoms with van der Waals surface area (Å²) in [4.78, 5) is 16.2. The summed E-state index contributed by atoms with van der Waals surface area (Å²) in [5.41, 5.74) is 0.669. The van der Waals surface area contributed by atoms with Crippen molar-refractivity contribution in [2.24, 2.45) is 0 Å². The molecule has 1 atom stereocenters. The highest BCUT2D eigenvalue weighted by Crippen LogP contribution is 2.37. The van der Waals surface area contributed by atoms with Crippen LogP contribution in [0.4, 0.5) is 4.79 Å². The molecule has 0 bridgehead atoms. The summed E-state index contributed by atoms with van der Waals surface area (Å²) < 4.78 is 7.54. The maximum absolute atomic E-state index is 11.9. The van der Waals surface area contributed by atoms with Crippen LogP contribution in [0.1, 0.15) is 72.0 Å². The lowest BCUT2D eigenvalue weighted by molar-refractivity contribution is 0.0504. The first-order valence-corrected chi connectivity index (χ1v) is 7.73. The smallest absolute Gasteiger partial charge is 0.408 e. The van der Waals surface area contributed by atoms with Crippen LogP contribution in [0.5, 0.6) is 0 Å². The average molecular weight is 293 g/mol. The zero-order valence-electron chi connectivity index (χ0n) is 13.8. The minimum Gasteiger partial charge on any atom is -0.444 e. The Balaban J connectivity index is 2.09. The van der Waals surface area contributed by atoms with E-state index >= 15 is 0 Å². The molecule has 0 radical (unpaired) electrons. The molecule has 0 saturated heterocycles. The molecule has 1 fully saturated rings. The molecular formula is C16H27N3O2. The molecule has 1 N–H and O–H groups in total. The third-order valence-corrected chi connectivity index (χ3v) is 4.11. The van der Waals surface area contributed by atoms with Crippen molar-refractivity contribution in [2.75, 3.05) is 0 Å². The van der Waals surface area contributed by atoms with Crippen molar-refractivity contribution < 1.29 is 9.53 Å². The van der Waals surface area contributed by atoms with Gasteiger partial charge in [-0.3, -0.25) is 0 Å². The minimum absolute atomic E-state index is 0.121. The number of ether oxygens (including phenoxy) is 1. The number of imidazole rings is 1. The van der Waals surface area contributed by atoms with E-state index in [0.717, 1.165) is 18.5 Å². The number of nitrogens with zero attached hydrogens (tertiary/aromatic N) is 2. The molecule has 1 aromatic heterocycles. The molecule has 5 heteroatoms. The molecule has 1 saturated carbocycles. The number of hydrogen-bond donors (Lipinski definition) is 1. The third kappa shape index (κ3) is 3.77. The van der Waals surface area contributed by atoms with Gasteiger partial charge in [0.15, 0.2) is 0 Å². The number of hydrogen-bond acceptors (Lipinski definition) is 3. The molecule has 1 aliphatic carbocycles. The summed E-state index contributed by atoms with van der Waals surface area (Å²) in [7, 11) is 0. The predicted molar refractivity (Wildman–Crippen MR) is 82.1 cm³/mol. The first-order chi connectivity index (χ1) is 9.71. The summed E-state index contributed by atoms with van der Waals surface area (Å²) in [5, 5.41) is 2.90. The van der Waals surface area contributed by atoms with E-state index in [9.17, 15) is 4.79 Å². The average Bonchev–Trinajstić information content (AvgIpc) is 2.94. The second-order valence-corrected chi connectivity index (χ2v) is 7.26. The minimum atomic E-state index is -0.485. The standard InChI is InChI=1S/C16H27N3O2/c1-12(18-14(20)21-15(2,3)4)13-10-17-11-19(13)16(5)8-6-7-9-16/h10-12H,6-9H2,1-5H3,(H,18,20). The van der Waals surface area contributed by atoms with Gasteiger partial charge in [-0.25, -0.2) is 9.78 Å². The summed E-state index contributed by atoms with van der Waals surface area (Å²) in [5.74, 6) is 0. The van der Waals surface area contributed by atoms with Crippen LogP contribution in [0.2, 0.25) is 0 Å². The normalized spacial score (nSPS) is 19.3. The highest BCUT2D eigenvalue weighted by atomic mass is 16.6. The van der Waals surface area contributed by atoms with E-state index in [2.05, 4.69) is 21.8 Å². The van der Waals surface area contributed by atoms with Crippen molar-refractivity contribution in [2.45, 2.75) is 77.5 Å². The van der Waals surface area contributed by atoms with Crippen LogP contribution < -0.4 is 5.32 Å². The van der Waals surface area contributed by atoms with Gasteiger partial charge in [0.05, 0.1) is 24.3 Å². The summed E-state index contributed by atoms with van der Waals surface area (Å²) in [6.45, 7) is 9.82. The Morgan fingerprint density at radius 1 is 1.43 bits per heavy atom. The van der Waals surface area contributed by atoms with Gasteiger partial charge in [0.25, 0.3) is 0 Å². The van der Waals surface area contributed by atoms with Crippen molar-refractivity contribution in [1.29, 1.82) is 0 Å². The second kappa shape index (κ2) is 5.70. The fraction of sp³-hybridized carbons (Fsp3) is 0.750. The fourth-order valence-corrected chi connectivity index (χ4v) is 3.01. The predicted octanol–water partition coefficient (Wildman–Crippen LogP) is 3.76. The highest BCUT2D eigenvalue weighted by Gasteiger charge is 2.33. The van der Waals surface area contributed by atoms with Gasteiger partial charge in [0.1, 0.15) is 5.60 Å². The summed E-state index contributed by atoms with van der Waals surface area (Å²) >= 11 is 0. The van der Waals surface area contributed by atoms with Crippen LogP contribution in [0.15, 0.2) is 12.5 Å². The molecule has 1 unspecified atom stereocenters. The van der Waals surface area contributed by atoms with Gasteiger partial charge in [-0.1, -0.05) is 12.8 Å². The first-order valence-electron chi connectivity index (χ1n) is 7.73. The molecule has 1 aromatic rings. The Morgan fingerprint density at radius 2 is 2.05 bits per heavy atom. The van der Waals surface area contributed by atoms with E-state index in [1.165, 1.54) is 12.8 Å². The zero-order valence-corrected chi connectivity index (χ0v) is 13.8. The quantitative estimate of drug-likeness (QED) is 0.923. The molecule has 1 amide bonds. The van der Waals surface area contributed by atoms with Crippen LogP contribution in [0.3, 0.4) is 0 Å². The number of aromatic nitrogens is 2. The number of amides is 1. The molecule has 0 spiro atoms. The summed E-state index contributed by atoms with van der Waals surface area (Å²) in [6.07, 6.45) is 8.16. The highest BCUT2D eigenvalue weighted by molar-refractivity contribution is 5.68. The van der Waals surface area contributed by atoms with Gasteiger partial charge in [-0.15, -0.1) is 0 Å². The second-order valence-electron chi connectivity index (χ2n) is 7.26. The molecule has 118 valence electrons. The van der Waals surface area contributed by atoms with E-state index in [-0.39, 0.29) is 17.7 Å². The Hall–Kier alpha value is -1.52. The van der Waals surface area contributed by atoms with Gasteiger partial charge in [0.2, 0.25) is 0 Å². The van der Waals surface area contributed by atoms with Crippen LogP contribution >= 0.6 is 0 Å². The monoisotopic (exact) mass is 293 g/mol. The number of nitrogens with one attached hydrogen (secondary N) is 1. The Labute approximate surface area is 127 Å². The number of carbonyl (C=O) groups is 1. The fourth-order valence-electron chi connectivity index (χ4n) is 3.01. The lowest BCUT2D eigenvalue weighted by Crippen LogP contribution is -2.36. The Morgan fingerprint density at radius 3 is 2.62 bits per heavy atom. The van der Waals surface area contributed by atoms with Crippen LogP contribution in [0, 0.1) is 0 Å². The van der Waals surface area contributed by atoms with E-state index in [1.807, 2.05) is 40.2 Å². The SMILES string of the molecule is CC(NC(=O)OC(C)(C)C)c1cncn1C1(C)CCCC1. The van der Waals surface area contributed by atoms with Crippen molar-refractivity contribution >= 4 is 6.09 Å². The van der Waals surface area contributed by atoms with Gasteiger partial charge in [0, 0.05) is 5.54 Å². The molecular weight excluding hydrogens is 266 g/mol. The van der Waals surface area contributed by atoms with Crippen LogP contribution in [0.25, 0.3) is 0 Å². The molecule has 1 heterocycles. The van der Waals surface area contributed by atoms with Crippen molar-refractivity contribution in [1.82, 2.24) is 14.9 Å². The lowest BCUT2D eigenvalue weighted by Gasteiger charge is -2.30. The van der Waals surface area contributed by atoms with E-state index < -0.39 is 5.60 Å². The number of rotatable bonds is 3. The molecule has 21 heavy (non-hydrogen) atoms.